The van der Waals surface area contributed by atoms with Gasteiger partial charge >= 0.3 is 0 Å². The summed E-state index contributed by atoms with van der Waals surface area (Å²) in [4.78, 5) is 11.7. The Kier molecular flexibility index (Phi) is 2.67. The van der Waals surface area contributed by atoms with Crippen LogP contribution in [0.4, 0.5) is 0 Å². The monoisotopic (exact) mass is 228 g/mol. The molecule has 2 heterocycles. The highest BCUT2D eigenvalue weighted by atomic mass is 35.5. The van der Waals surface area contributed by atoms with Crippen molar-refractivity contribution in [1.82, 2.24) is 20.8 Å². The average Bonchev–Trinajstić information content (AvgIpc) is 2.72. The van der Waals surface area contributed by atoms with Gasteiger partial charge in [-0.05, 0) is 12.8 Å². The number of nitrogens with zero attached hydrogens (tertiary/aromatic N) is 1. The Morgan fingerprint density at radius 2 is 2.20 bits per heavy atom. The van der Waals surface area contributed by atoms with Gasteiger partial charge in [-0.25, -0.2) is 0 Å². The third-order valence-corrected chi connectivity index (χ3v) is 2.68. The van der Waals surface area contributed by atoms with E-state index in [9.17, 15) is 4.79 Å². The van der Waals surface area contributed by atoms with Crippen LogP contribution in [-0.4, -0.2) is 22.1 Å². The first kappa shape index (κ1) is 10.4. The number of carbonyl (C=O) groups is 1. The lowest BCUT2D eigenvalue weighted by molar-refractivity contribution is 0.0945. The number of hydrogen-bond donors (Lipinski definition) is 3. The number of carbonyl (C=O) groups excluding carboxylic acids is 1. The summed E-state index contributed by atoms with van der Waals surface area (Å²) < 4.78 is 0. The van der Waals surface area contributed by atoms with Crippen LogP contribution in [0.3, 0.4) is 0 Å². The highest BCUT2D eigenvalue weighted by Crippen LogP contribution is 2.21. The summed E-state index contributed by atoms with van der Waals surface area (Å²) >= 11 is 0. The molecule has 1 fully saturated rings. The molecule has 3 rings (SSSR count). The van der Waals surface area contributed by atoms with Crippen molar-refractivity contribution in [3.63, 3.8) is 0 Å². The Bertz CT molecular complexity index is 385. The summed E-state index contributed by atoms with van der Waals surface area (Å²) in [5.74, 6) is -0.0336. The smallest absolute Gasteiger partial charge is 0.272 e. The van der Waals surface area contributed by atoms with Crippen LogP contribution in [0.25, 0.3) is 0 Å². The first-order chi connectivity index (χ1) is 6.84. The number of fused-ring (bicyclic) bond motifs is 1. The SMILES string of the molecule is Cl.O=C(NC1CC1)c1n[nH]c2c1CNC2. The van der Waals surface area contributed by atoms with Gasteiger partial charge in [0, 0.05) is 24.7 Å². The van der Waals surface area contributed by atoms with E-state index in [1.54, 1.807) is 0 Å². The van der Waals surface area contributed by atoms with Gasteiger partial charge in [-0.1, -0.05) is 0 Å². The van der Waals surface area contributed by atoms with Gasteiger partial charge in [0.1, 0.15) is 0 Å². The largest absolute Gasteiger partial charge is 0.348 e. The van der Waals surface area contributed by atoms with Crippen LogP contribution in [0.2, 0.25) is 0 Å². The molecule has 0 unspecified atom stereocenters. The molecule has 82 valence electrons. The summed E-state index contributed by atoms with van der Waals surface area (Å²) in [6.07, 6.45) is 2.22. The Morgan fingerprint density at radius 1 is 1.40 bits per heavy atom. The molecule has 5 nitrogen and oxygen atoms in total. The second-order valence-corrected chi connectivity index (χ2v) is 3.88. The molecule has 1 saturated carbocycles. The molecule has 0 radical (unpaired) electrons. The number of amides is 1. The fraction of sp³-hybridized carbons (Fsp3) is 0.556. The molecule has 15 heavy (non-hydrogen) atoms. The highest BCUT2D eigenvalue weighted by molar-refractivity contribution is 5.94. The van der Waals surface area contributed by atoms with E-state index in [1.165, 1.54) is 0 Å². The fourth-order valence-corrected chi connectivity index (χ4v) is 1.72. The molecule has 1 aromatic rings. The van der Waals surface area contributed by atoms with E-state index >= 15 is 0 Å². The van der Waals surface area contributed by atoms with Crippen LogP contribution in [0.15, 0.2) is 0 Å². The van der Waals surface area contributed by atoms with Crippen molar-refractivity contribution in [2.45, 2.75) is 32.0 Å². The normalized spacial score (nSPS) is 18.1. The summed E-state index contributed by atoms with van der Waals surface area (Å²) in [6, 6.07) is 0.393. The topological polar surface area (TPSA) is 69.8 Å². The van der Waals surface area contributed by atoms with E-state index in [0.29, 0.717) is 11.7 Å². The van der Waals surface area contributed by atoms with E-state index in [4.69, 9.17) is 0 Å². The molecule has 0 saturated heterocycles. The maximum absolute atomic E-state index is 11.7. The number of hydrogen-bond acceptors (Lipinski definition) is 3. The van der Waals surface area contributed by atoms with Gasteiger partial charge in [0.05, 0.1) is 5.69 Å². The molecular formula is C9H13ClN4O. The molecular weight excluding hydrogens is 216 g/mol. The van der Waals surface area contributed by atoms with Crippen LogP contribution in [-0.2, 0) is 13.1 Å². The van der Waals surface area contributed by atoms with E-state index in [-0.39, 0.29) is 18.3 Å². The van der Waals surface area contributed by atoms with Gasteiger partial charge in [-0.3, -0.25) is 9.89 Å². The minimum absolute atomic E-state index is 0. The minimum atomic E-state index is -0.0336. The van der Waals surface area contributed by atoms with Crippen molar-refractivity contribution < 1.29 is 4.79 Å². The van der Waals surface area contributed by atoms with Gasteiger partial charge in [-0.2, -0.15) is 5.10 Å². The summed E-state index contributed by atoms with van der Waals surface area (Å²) in [6.45, 7) is 1.54. The Balaban J connectivity index is 0.000000853. The summed E-state index contributed by atoms with van der Waals surface area (Å²) in [7, 11) is 0. The predicted molar refractivity (Wildman–Crippen MR) is 56.9 cm³/mol. The van der Waals surface area contributed by atoms with E-state index < -0.39 is 0 Å². The lowest BCUT2D eigenvalue weighted by Gasteiger charge is -2.00. The van der Waals surface area contributed by atoms with Crippen LogP contribution < -0.4 is 10.6 Å². The van der Waals surface area contributed by atoms with Gasteiger partial charge in [0.25, 0.3) is 5.91 Å². The van der Waals surface area contributed by atoms with Crippen molar-refractivity contribution >= 4 is 18.3 Å². The maximum Gasteiger partial charge on any atom is 0.272 e. The van der Waals surface area contributed by atoms with Crippen molar-refractivity contribution in [3.05, 3.63) is 17.0 Å². The van der Waals surface area contributed by atoms with Crippen molar-refractivity contribution in [2.24, 2.45) is 0 Å². The standard InChI is InChI=1S/C9H12N4O.ClH/c14-9(11-5-1-2-5)8-6-3-10-4-7(6)12-13-8;/h5,10H,1-4H2,(H,11,14)(H,12,13);1H. The van der Waals surface area contributed by atoms with Crippen molar-refractivity contribution in [2.75, 3.05) is 0 Å². The highest BCUT2D eigenvalue weighted by Gasteiger charge is 2.28. The molecule has 6 heteroatoms. The van der Waals surface area contributed by atoms with Crippen LogP contribution in [0.1, 0.15) is 34.6 Å². The van der Waals surface area contributed by atoms with Crippen molar-refractivity contribution in [1.29, 1.82) is 0 Å². The molecule has 0 spiro atoms. The number of halogens is 1. The third-order valence-electron chi connectivity index (χ3n) is 2.68. The zero-order chi connectivity index (χ0) is 9.54. The van der Waals surface area contributed by atoms with Gasteiger partial charge in [-0.15, -0.1) is 12.4 Å². The van der Waals surface area contributed by atoms with Crippen LogP contribution >= 0.6 is 12.4 Å². The first-order valence-corrected chi connectivity index (χ1v) is 4.92. The minimum Gasteiger partial charge on any atom is -0.348 e. The number of nitrogens with one attached hydrogen (secondary N) is 3. The van der Waals surface area contributed by atoms with Crippen LogP contribution in [0.5, 0.6) is 0 Å². The molecule has 1 aliphatic heterocycles. The Morgan fingerprint density at radius 3 is 2.93 bits per heavy atom. The summed E-state index contributed by atoms with van der Waals surface area (Å²) in [5, 5.41) is 13.0. The van der Waals surface area contributed by atoms with Gasteiger partial charge in [0.2, 0.25) is 0 Å². The number of H-pyrrole nitrogens is 1. The van der Waals surface area contributed by atoms with Crippen LogP contribution in [0, 0.1) is 0 Å². The predicted octanol–water partition coefficient (Wildman–Crippen LogP) is 0.327. The molecule has 1 amide bonds. The third kappa shape index (κ3) is 1.85. The lowest BCUT2D eigenvalue weighted by atomic mass is 10.2. The van der Waals surface area contributed by atoms with Crippen molar-refractivity contribution in [3.8, 4) is 0 Å². The number of aromatic amines is 1. The lowest BCUT2D eigenvalue weighted by Crippen LogP contribution is -2.26. The van der Waals surface area contributed by atoms with Gasteiger partial charge in [0.15, 0.2) is 5.69 Å². The Hall–Kier alpha value is -1.07. The Labute approximate surface area is 93.4 Å². The fourth-order valence-electron chi connectivity index (χ4n) is 1.72. The number of aromatic nitrogens is 2. The quantitative estimate of drug-likeness (QED) is 0.683. The second kappa shape index (κ2) is 3.83. The first-order valence-electron chi connectivity index (χ1n) is 4.92. The van der Waals surface area contributed by atoms with E-state index in [0.717, 1.165) is 37.2 Å². The molecule has 1 aliphatic carbocycles. The number of rotatable bonds is 2. The maximum atomic E-state index is 11.7. The zero-order valence-corrected chi connectivity index (χ0v) is 8.99. The van der Waals surface area contributed by atoms with Gasteiger partial charge < -0.3 is 10.6 Å². The zero-order valence-electron chi connectivity index (χ0n) is 8.17. The molecule has 0 atom stereocenters. The van der Waals surface area contributed by atoms with E-state index in [1.807, 2.05) is 0 Å². The molecule has 0 bridgehead atoms. The molecule has 3 N–H and O–H groups in total. The molecule has 2 aliphatic rings. The second-order valence-electron chi connectivity index (χ2n) is 3.88. The summed E-state index contributed by atoms with van der Waals surface area (Å²) in [5.41, 5.74) is 2.64. The molecule has 0 aromatic carbocycles. The van der Waals surface area contributed by atoms with E-state index in [2.05, 4.69) is 20.8 Å². The molecule has 1 aromatic heterocycles. The average molecular weight is 229 g/mol.